The minimum atomic E-state index is -0.0408. The van der Waals surface area contributed by atoms with Gasteiger partial charge in [-0.25, -0.2) is 0 Å². The zero-order valence-corrected chi connectivity index (χ0v) is 13.8. The van der Waals surface area contributed by atoms with E-state index < -0.39 is 0 Å². The van der Waals surface area contributed by atoms with Gasteiger partial charge in [0.1, 0.15) is 5.76 Å². The van der Waals surface area contributed by atoms with Crippen LogP contribution < -0.4 is 5.32 Å². The van der Waals surface area contributed by atoms with Crippen molar-refractivity contribution in [2.45, 2.75) is 26.3 Å². The summed E-state index contributed by atoms with van der Waals surface area (Å²) in [6.07, 6.45) is 2.99. The molecule has 2 heterocycles. The molecule has 1 N–H and O–H groups in total. The van der Waals surface area contributed by atoms with Crippen molar-refractivity contribution in [3.05, 3.63) is 59.5 Å². The molecule has 1 fully saturated rings. The van der Waals surface area contributed by atoms with E-state index >= 15 is 0 Å². The lowest BCUT2D eigenvalue weighted by atomic mass is 9.95. The molecule has 1 aromatic heterocycles. The standard InChI is InChI=1S/C19H22N2O3/c1-14-5-2-3-7-17(14)19(23)21-10-8-15(9-11-21)18(22)20-13-16-6-4-12-24-16/h2-7,12,15H,8-11,13H2,1H3,(H,20,22). The van der Waals surface area contributed by atoms with E-state index in [1.54, 1.807) is 12.3 Å². The van der Waals surface area contributed by atoms with Gasteiger partial charge >= 0.3 is 0 Å². The Morgan fingerprint density at radius 3 is 2.58 bits per heavy atom. The van der Waals surface area contributed by atoms with Gasteiger partial charge < -0.3 is 14.6 Å². The van der Waals surface area contributed by atoms with Crippen molar-refractivity contribution in [1.82, 2.24) is 10.2 Å². The van der Waals surface area contributed by atoms with Gasteiger partial charge in [0.25, 0.3) is 5.91 Å². The molecule has 5 heteroatoms. The number of carbonyl (C=O) groups excluding carboxylic acids is 2. The number of piperidine rings is 1. The second-order valence-corrected chi connectivity index (χ2v) is 6.18. The normalized spacial score (nSPS) is 15.3. The predicted octanol–water partition coefficient (Wildman–Crippen LogP) is 2.76. The highest BCUT2D eigenvalue weighted by Gasteiger charge is 2.28. The van der Waals surface area contributed by atoms with Gasteiger partial charge in [-0.15, -0.1) is 0 Å². The number of nitrogens with zero attached hydrogens (tertiary/aromatic N) is 1. The third-order valence-corrected chi connectivity index (χ3v) is 4.55. The van der Waals surface area contributed by atoms with Crippen molar-refractivity contribution in [3.63, 3.8) is 0 Å². The minimum absolute atomic E-state index is 0.0365. The molecule has 1 aliphatic rings. The van der Waals surface area contributed by atoms with E-state index in [1.165, 1.54) is 0 Å². The fourth-order valence-corrected chi connectivity index (χ4v) is 3.06. The number of amides is 2. The number of nitrogens with one attached hydrogen (secondary N) is 1. The van der Waals surface area contributed by atoms with Crippen LogP contribution in [0.3, 0.4) is 0 Å². The molecule has 0 spiro atoms. The van der Waals surface area contributed by atoms with Crippen molar-refractivity contribution in [2.24, 2.45) is 5.92 Å². The molecule has 126 valence electrons. The summed E-state index contributed by atoms with van der Waals surface area (Å²) in [5.74, 6) is 0.799. The minimum Gasteiger partial charge on any atom is -0.467 e. The summed E-state index contributed by atoms with van der Waals surface area (Å²) in [5, 5.41) is 2.90. The first-order valence-electron chi connectivity index (χ1n) is 8.30. The van der Waals surface area contributed by atoms with Crippen molar-refractivity contribution in [1.29, 1.82) is 0 Å². The molecule has 3 rings (SSSR count). The Balaban J connectivity index is 1.51. The molecular weight excluding hydrogens is 304 g/mol. The third-order valence-electron chi connectivity index (χ3n) is 4.55. The van der Waals surface area contributed by atoms with E-state index in [1.807, 2.05) is 42.2 Å². The first-order chi connectivity index (χ1) is 11.6. The predicted molar refractivity (Wildman–Crippen MR) is 90.4 cm³/mol. The first-order valence-corrected chi connectivity index (χ1v) is 8.30. The summed E-state index contributed by atoms with van der Waals surface area (Å²) < 4.78 is 5.21. The molecule has 0 aliphatic carbocycles. The Labute approximate surface area is 141 Å². The van der Waals surface area contributed by atoms with Gasteiger partial charge in [-0.2, -0.15) is 0 Å². The summed E-state index contributed by atoms with van der Waals surface area (Å²) in [7, 11) is 0. The van der Waals surface area contributed by atoms with Crippen LogP contribution in [-0.2, 0) is 11.3 Å². The largest absolute Gasteiger partial charge is 0.467 e. The van der Waals surface area contributed by atoms with Gasteiger partial charge in [0.2, 0.25) is 5.91 Å². The Kier molecular flexibility index (Phi) is 4.99. The van der Waals surface area contributed by atoms with Crippen molar-refractivity contribution >= 4 is 11.8 Å². The molecule has 1 aromatic carbocycles. The highest BCUT2D eigenvalue weighted by Crippen LogP contribution is 2.20. The van der Waals surface area contributed by atoms with Crippen LogP contribution >= 0.6 is 0 Å². The van der Waals surface area contributed by atoms with Gasteiger partial charge in [0, 0.05) is 24.6 Å². The quantitative estimate of drug-likeness (QED) is 0.940. The summed E-state index contributed by atoms with van der Waals surface area (Å²) in [5.41, 5.74) is 1.74. The maximum atomic E-state index is 12.6. The SMILES string of the molecule is Cc1ccccc1C(=O)N1CCC(C(=O)NCc2ccco2)CC1. The van der Waals surface area contributed by atoms with Crippen molar-refractivity contribution < 1.29 is 14.0 Å². The first kappa shape index (κ1) is 16.3. The zero-order chi connectivity index (χ0) is 16.9. The smallest absolute Gasteiger partial charge is 0.254 e. The van der Waals surface area contributed by atoms with Crippen LogP contribution in [0.1, 0.15) is 34.5 Å². The molecule has 0 atom stereocenters. The molecule has 2 aromatic rings. The lowest BCUT2D eigenvalue weighted by Gasteiger charge is -2.31. The van der Waals surface area contributed by atoms with Gasteiger partial charge in [-0.1, -0.05) is 18.2 Å². The van der Waals surface area contributed by atoms with Crippen LogP contribution in [0.5, 0.6) is 0 Å². The maximum absolute atomic E-state index is 12.6. The van der Waals surface area contributed by atoms with E-state index in [0.29, 0.717) is 32.5 Å². The molecule has 5 nitrogen and oxygen atoms in total. The lowest BCUT2D eigenvalue weighted by Crippen LogP contribution is -2.43. The van der Waals surface area contributed by atoms with Crippen LogP contribution in [0.25, 0.3) is 0 Å². The number of carbonyl (C=O) groups is 2. The summed E-state index contributed by atoms with van der Waals surface area (Å²) in [6, 6.07) is 11.3. The number of hydrogen-bond acceptors (Lipinski definition) is 3. The Hall–Kier alpha value is -2.56. The van der Waals surface area contributed by atoms with Gasteiger partial charge in [-0.3, -0.25) is 9.59 Å². The zero-order valence-electron chi connectivity index (χ0n) is 13.8. The van der Waals surface area contributed by atoms with Gasteiger partial charge in [0.15, 0.2) is 0 Å². The third kappa shape index (κ3) is 3.67. The van der Waals surface area contributed by atoms with Crippen molar-refractivity contribution in [3.8, 4) is 0 Å². The molecular formula is C19H22N2O3. The molecule has 0 bridgehead atoms. The Morgan fingerprint density at radius 1 is 1.17 bits per heavy atom. The topological polar surface area (TPSA) is 62.6 Å². The molecule has 0 radical (unpaired) electrons. The fourth-order valence-electron chi connectivity index (χ4n) is 3.06. The molecule has 1 aliphatic heterocycles. The van der Waals surface area contributed by atoms with E-state index in [9.17, 15) is 9.59 Å². The van der Waals surface area contributed by atoms with Crippen LogP contribution in [-0.4, -0.2) is 29.8 Å². The highest BCUT2D eigenvalue weighted by atomic mass is 16.3. The number of hydrogen-bond donors (Lipinski definition) is 1. The Morgan fingerprint density at radius 2 is 1.92 bits per heavy atom. The van der Waals surface area contributed by atoms with E-state index in [4.69, 9.17) is 4.42 Å². The van der Waals surface area contributed by atoms with E-state index in [2.05, 4.69) is 5.32 Å². The maximum Gasteiger partial charge on any atom is 0.254 e. The van der Waals surface area contributed by atoms with Crippen molar-refractivity contribution in [2.75, 3.05) is 13.1 Å². The molecule has 0 unspecified atom stereocenters. The van der Waals surface area contributed by atoms with Crippen LogP contribution in [0.15, 0.2) is 47.1 Å². The second kappa shape index (κ2) is 7.34. The number of furan rings is 1. The number of aryl methyl sites for hydroxylation is 1. The fraction of sp³-hybridized carbons (Fsp3) is 0.368. The van der Waals surface area contributed by atoms with Crippen LogP contribution in [0.2, 0.25) is 0 Å². The van der Waals surface area contributed by atoms with Crippen LogP contribution in [0.4, 0.5) is 0 Å². The average molecular weight is 326 g/mol. The second-order valence-electron chi connectivity index (χ2n) is 6.18. The molecule has 2 amide bonds. The summed E-state index contributed by atoms with van der Waals surface area (Å²) in [6.45, 7) is 3.59. The highest BCUT2D eigenvalue weighted by molar-refractivity contribution is 5.95. The van der Waals surface area contributed by atoms with Gasteiger partial charge in [-0.05, 0) is 43.5 Å². The van der Waals surface area contributed by atoms with E-state index in [-0.39, 0.29) is 17.7 Å². The van der Waals surface area contributed by atoms with Crippen LogP contribution in [0, 0.1) is 12.8 Å². The molecule has 1 saturated heterocycles. The number of benzene rings is 1. The molecule has 24 heavy (non-hydrogen) atoms. The summed E-state index contributed by atoms with van der Waals surface area (Å²) in [4.78, 5) is 26.7. The number of rotatable bonds is 4. The average Bonchev–Trinajstić information content (AvgIpc) is 3.13. The Bertz CT molecular complexity index is 701. The summed E-state index contributed by atoms with van der Waals surface area (Å²) >= 11 is 0. The monoisotopic (exact) mass is 326 g/mol. The number of likely N-dealkylation sites (tertiary alicyclic amines) is 1. The lowest BCUT2D eigenvalue weighted by molar-refractivity contribution is -0.126. The molecule has 0 saturated carbocycles. The van der Waals surface area contributed by atoms with Gasteiger partial charge in [0.05, 0.1) is 12.8 Å². The van der Waals surface area contributed by atoms with E-state index in [0.717, 1.165) is 16.9 Å².